The highest BCUT2D eigenvalue weighted by Gasteiger charge is 2.36. The molecule has 33 heavy (non-hydrogen) atoms. The second kappa shape index (κ2) is 9.36. The van der Waals surface area contributed by atoms with Gasteiger partial charge in [0.15, 0.2) is 0 Å². The van der Waals surface area contributed by atoms with Gasteiger partial charge in [0.2, 0.25) is 5.91 Å². The van der Waals surface area contributed by atoms with Gasteiger partial charge in [-0.25, -0.2) is 4.39 Å². The molecule has 0 atom stereocenters. The second-order valence-corrected chi connectivity index (χ2v) is 8.99. The molecule has 0 N–H and O–H groups in total. The number of para-hydroxylation sites is 2. The summed E-state index contributed by atoms with van der Waals surface area (Å²) in [4.78, 5) is 18.0. The Labute approximate surface area is 194 Å². The number of hydrogen-bond acceptors (Lipinski definition) is 3. The minimum atomic E-state index is -0.332. The monoisotopic (exact) mass is 444 g/mol. The van der Waals surface area contributed by atoms with E-state index >= 15 is 0 Å². The van der Waals surface area contributed by atoms with Crippen LogP contribution in [0.25, 0.3) is 0 Å². The van der Waals surface area contributed by atoms with Crippen molar-refractivity contribution in [1.29, 1.82) is 0 Å². The smallest absolute Gasteiger partial charge is 0.234 e. The third-order valence-electron chi connectivity index (χ3n) is 7.02. The Hall–Kier alpha value is -3.18. The summed E-state index contributed by atoms with van der Waals surface area (Å²) in [6.45, 7) is 2.27. The Bertz CT molecular complexity index is 1090. The zero-order valence-corrected chi connectivity index (χ0v) is 18.9. The first-order valence-corrected chi connectivity index (χ1v) is 11.7. The summed E-state index contributed by atoms with van der Waals surface area (Å²) in [5.41, 5.74) is 2.63. The molecule has 0 bridgehead atoms. The highest BCUT2D eigenvalue weighted by molar-refractivity contribution is 5.89. The Morgan fingerprint density at radius 1 is 0.939 bits per heavy atom. The minimum Gasteiger partial charge on any atom is -0.457 e. The Balaban J connectivity index is 1.25. The molecule has 5 heteroatoms. The van der Waals surface area contributed by atoms with Crippen LogP contribution < -0.4 is 4.74 Å². The van der Waals surface area contributed by atoms with Crippen molar-refractivity contribution < 1.29 is 13.9 Å². The lowest BCUT2D eigenvalue weighted by atomic mass is 9.86. The molecule has 5 rings (SSSR count). The zero-order chi connectivity index (χ0) is 22.8. The van der Waals surface area contributed by atoms with Crippen molar-refractivity contribution in [2.45, 2.75) is 31.2 Å². The van der Waals surface area contributed by atoms with E-state index in [4.69, 9.17) is 4.74 Å². The summed E-state index contributed by atoms with van der Waals surface area (Å²) in [5.74, 6) is 1.20. The molecule has 0 saturated carbocycles. The lowest BCUT2D eigenvalue weighted by Crippen LogP contribution is -2.47. The third-order valence-corrected chi connectivity index (χ3v) is 7.02. The number of carbonyl (C=O) groups excluding carboxylic acids is 1. The quantitative estimate of drug-likeness (QED) is 0.540. The normalized spacial score (nSPS) is 16.3. The maximum absolute atomic E-state index is 13.9. The molecular weight excluding hydrogens is 415 g/mol. The fourth-order valence-corrected chi connectivity index (χ4v) is 5.07. The van der Waals surface area contributed by atoms with E-state index in [9.17, 15) is 9.18 Å². The predicted molar refractivity (Wildman–Crippen MR) is 127 cm³/mol. The lowest BCUT2D eigenvalue weighted by Gasteiger charge is -2.39. The average Bonchev–Trinajstić information content (AvgIpc) is 2.86. The van der Waals surface area contributed by atoms with Crippen molar-refractivity contribution in [3.8, 4) is 11.5 Å². The molecule has 170 valence electrons. The maximum Gasteiger partial charge on any atom is 0.234 e. The number of likely N-dealkylation sites (N-methyl/N-ethyl adjacent to an activating group) is 1. The van der Waals surface area contributed by atoms with Crippen molar-refractivity contribution in [2.24, 2.45) is 0 Å². The van der Waals surface area contributed by atoms with Gasteiger partial charge in [0, 0.05) is 36.8 Å². The fourth-order valence-electron chi connectivity index (χ4n) is 5.07. The Morgan fingerprint density at radius 2 is 1.52 bits per heavy atom. The predicted octanol–water partition coefficient (Wildman–Crippen LogP) is 5.23. The summed E-state index contributed by atoms with van der Waals surface area (Å²) in [6.07, 6.45) is 2.54. The van der Waals surface area contributed by atoms with Gasteiger partial charge in [-0.2, -0.15) is 0 Å². The van der Waals surface area contributed by atoms with Crippen molar-refractivity contribution in [3.05, 3.63) is 95.3 Å². The number of rotatable bonds is 5. The largest absolute Gasteiger partial charge is 0.457 e. The first-order valence-electron chi connectivity index (χ1n) is 11.7. The molecular formula is C28H29FN2O2. The molecule has 3 aromatic rings. The van der Waals surface area contributed by atoms with Crippen LogP contribution >= 0.6 is 0 Å². The standard InChI is InChI=1S/C28H29FN2O2/c1-30(17-14-20-8-2-5-11-24(20)29)21-15-18-31(19-16-21)28(32)27-22-9-3-6-12-25(22)33-26-13-7-4-10-23(26)27/h2-13,21,27H,14-19H2,1H3. The van der Waals surface area contributed by atoms with Crippen LogP contribution in [0.5, 0.6) is 11.5 Å². The van der Waals surface area contributed by atoms with Gasteiger partial charge < -0.3 is 14.5 Å². The highest BCUT2D eigenvalue weighted by atomic mass is 19.1. The molecule has 0 spiro atoms. The molecule has 0 radical (unpaired) electrons. The van der Waals surface area contributed by atoms with E-state index in [-0.39, 0.29) is 17.6 Å². The summed E-state index contributed by atoms with van der Waals surface area (Å²) < 4.78 is 20.0. The molecule has 2 aliphatic rings. The maximum atomic E-state index is 13.9. The van der Waals surface area contributed by atoms with Crippen LogP contribution in [0, 0.1) is 5.82 Å². The van der Waals surface area contributed by atoms with Crippen molar-refractivity contribution in [2.75, 3.05) is 26.7 Å². The van der Waals surface area contributed by atoms with E-state index in [0.717, 1.165) is 60.7 Å². The number of hydrogen-bond donors (Lipinski definition) is 0. The molecule has 0 aliphatic carbocycles. The van der Waals surface area contributed by atoms with E-state index in [2.05, 4.69) is 11.9 Å². The molecule has 2 heterocycles. The number of nitrogens with zero attached hydrogens (tertiary/aromatic N) is 2. The van der Waals surface area contributed by atoms with Gasteiger partial charge in [0.05, 0.1) is 5.92 Å². The topological polar surface area (TPSA) is 32.8 Å². The molecule has 4 nitrogen and oxygen atoms in total. The number of ether oxygens (including phenoxy) is 1. The number of amides is 1. The van der Waals surface area contributed by atoms with Crippen molar-refractivity contribution >= 4 is 5.91 Å². The summed E-state index contributed by atoms with van der Waals surface area (Å²) in [6, 6.07) is 23.1. The van der Waals surface area contributed by atoms with Gasteiger partial charge >= 0.3 is 0 Å². The van der Waals surface area contributed by atoms with E-state index in [1.54, 1.807) is 6.07 Å². The molecule has 3 aromatic carbocycles. The molecule has 1 saturated heterocycles. The zero-order valence-electron chi connectivity index (χ0n) is 18.9. The number of carbonyl (C=O) groups is 1. The molecule has 0 unspecified atom stereocenters. The number of benzene rings is 3. The summed E-state index contributed by atoms with van der Waals surface area (Å²) in [5, 5.41) is 0. The Morgan fingerprint density at radius 3 is 2.15 bits per heavy atom. The first kappa shape index (κ1) is 21.7. The van der Waals surface area contributed by atoms with Crippen LogP contribution in [-0.4, -0.2) is 48.4 Å². The van der Waals surface area contributed by atoms with E-state index in [0.29, 0.717) is 12.5 Å². The van der Waals surface area contributed by atoms with Gasteiger partial charge in [-0.1, -0.05) is 54.6 Å². The molecule has 1 amide bonds. The van der Waals surface area contributed by atoms with Crippen LogP contribution in [0.15, 0.2) is 72.8 Å². The van der Waals surface area contributed by atoms with Crippen LogP contribution in [0.2, 0.25) is 0 Å². The van der Waals surface area contributed by atoms with Gasteiger partial charge in [-0.3, -0.25) is 4.79 Å². The number of fused-ring (bicyclic) bond motifs is 2. The van der Waals surface area contributed by atoms with E-state index < -0.39 is 0 Å². The van der Waals surface area contributed by atoms with E-state index in [1.165, 1.54) is 6.07 Å². The van der Waals surface area contributed by atoms with Crippen LogP contribution in [0.1, 0.15) is 35.4 Å². The summed E-state index contributed by atoms with van der Waals surface area (Å²) in [7, 11) is 2.11. The summed E-state index contributed by atoms with van der Waals surface area (Å²) >= 11 is 0. The minimum absolute atomic E-state index is 0.136. The third kappa shape index (κ3) is 4.38. The van der Waals surface area contributed by atoms with Gasteiger partial charge in [0.1, 0.15) is 17.3 Å². The van der Waals surface area contributed by atoms with Crippen LogP contribution in [-0.2, 0) is 11.2 Å². The number of halogens is 1. The van der Waals surface area contributed by atoms with Crippen LogP contribution in [0.4, 0.5) is 4.39 Å². The molecule has 1 fully saturated rings. The molecule has 0 aromatic heterocycles. The highest BCUT2D eigenvalue weighted by Crippen LogP contribution is 2.44. The number of piperidine rings is 1. The molecule has 2 aliphatic heterocycles. The van der Waals surface area contributed by atoms with Crippen molar-refractivity contribution in [3.63, 3.8) is 0 Å². The second-order valence-electron chi connectivity index (χ2n) is 8.99. The van der Waals surface area contributed by atoms with Crippen molar-refractivity contribution in [1.82, 2.24) is 9.80 Å². The SMILES string of the molecule is CN(CCc1ccccc1F)C1CCN(C(=O)C2c3ccccc3Oc3ccccc32)CC1. The lowest BCUT2D eigenvalue weighted by molar-refractivity contribution is -0.133. The first-order chi connectivity index (χ1) is 16.1. The van der Waals surface area contributed by atoms with Gasteiger partial charge in [-0.05, 0) is 50.1 Å². The average molecular weight is 445 g/mol. The van der Waals surface area contributed by atoms with E-state index in [1.807, 2.05) is 65.6 Å². The number of likely N-dealkylation sites (tertiary alicyclic amines) is 1. The van der Waals surface area contributed by atoms with Gasteiger partial charge in [-0.15, -0.1) is 0 Å². The fraction of sp³-hybridized carbons (Fsp3) is 0.321. The van der Waals surface area contributed by atoms with Crippen LogP contribution in [0.3, 0.4) is 0 Å². The van der Waals surface area contributed by atoms with Gasteiger partial charge in [0.25, 0.3) is 0 Å². The Kier molecular flexibility index (Phi) is 6.14.